The summed E-state index contributed by atoms with van der Waals surface area (Å²) < 4.78 is 10.4. The first-order valence-corrected chi connectivity index (χ1v) is 11.5. The molecule has 0 amide bonds. The molecule has 178 valence electrons. The Morgan fingerprint density at radius 3 is 2.53 bits per heavy atom. The van der Waals surface area contributed by atoms with Gasteiger partial charge in [-0.05, 0) is 50.7 Å². The maximum Gasteiger partial charge on any atom is 0.305 e. The van der Waals surface area contributed by atoms with Gasteiger partial charge in [0.05, 0.1) is 13.0 Å². The van der Waals surface area contributed by atoms with E-state index in [-0.39, 0.29) is 29.9 Å². The topological polar surface area (TPSA) is 86.7 Å². The van der Waals surface area contributed by atoms with Crippen LogP contribution in [0.5, 0.6) is 0 Å². The Balaban J connectivity index is 2.89. The lowest BCUT2D eigenvalue weighted by Gasteiger charge is -2.32. The Morgan fingerprint density at radius 1 is 1.16 bits per heavy atom. The number of rotatable bonds is 15. The van der Waals surface area contributed by atoms with E-state index in [0.29, 0.717) is 25.7 Å². The average molecular weight is 447 g/mol. The second-order valence-electron chi connectivity index (χ2n) is 8.45. The molecular weight excluding hydrogens is 408 g/mol. The first-order valence-electron chi connectivity index (χ1n) is 11.5. The summed E-state index contributed by atoms with van der Waals surface area (Å²) in [7, 11) is 1.34. The summed E-state index contributed by atoms with van der Waals surface area (Å²) >= 11 is 0. The van der Waals surface area contributed by atoms with Crippen molar-refractivity contribution in [2.75, 3.05) is 7.11 Å². The van der Waals surface area contributed by atoms with Crippen LogP contribution in [-0.2, 0) is 28.7 Å². The van der Waals surface area contributed by atoms with Gasteiger partial charge in [0, 0.05) is 26.2 Å². The summed E-state index contributed by atoms with van der Waals surface area (Å²) in [5, 5.41) is 0. The highest BCUT2D eigenvalue weighted by Gasteiger charge is 2.45. The number of hydrogen-bond acceptors (Lipinski definition) is 6. The standard InChI is InChI=1S/C26H38O6/c1-5-6-7-8-9-10-17-26(32-21(3)28)18-16-24(29)23(26)13-11-12-22(19-20(2)27)14-15-25(30)31-4/h9-12,16,18,22-23H,5-8,13-15,17,19H2,1-4H3. The number of ketones is 2. The maximum atomic E-state index is 12.6. The number of esters is 2. The summed E-state index contributed by atoms with van der Waals surface area (Å²) in [5.74, 6) is -1.41. The van der Waals surface area contributed by atoms with Gasteiger partial charge in [-0.15, -0.1) is 0 Å². The molecule has 6 heteroatoms. The van der Waals surface area contributed by atoms with Crippen molar-refractivity contribution >= 4 is 23.5 Å². The SMILES string of the molecule is CCCCCC=CCC1(OC(C)=O)C=CC(=O)C1CC=CC(CCC(=O)OC)CC(C)=O. The Morgan fingerprint density at radius 2 is 1.91 bits per heavy atom. The zero-order valence-electron chi connectivity index (χ0n) is 19.9. The smallest absolute Gasteiger partial charge is 0.305 e. The largest absolute Gasteiger partial charge is 0.469 e. The summed E-state index contributed by atoms with van der Waals surface area (Å²) in [6.45, 7) is 5.02. The van der Waals surface area contributed by atoms with Crippen LogP contribution in [0.4, 0.5) is 0 Å². The molecule has 0 saturated carbocycles. The van der Waals surface area contributed by atoms with Crippen LogP contribution in [-0.4, -0.2) is 36.2 Å². The number of carbonyl (C=O) groups excluding carboxylic acids is 4. The van der Waals surface area contributed by atoms with E-state index in [1.165, 1.54) is 33.5 Å². The van der Waals surface area contributed by atoms with Gasteiger partial charge in [-0.1, -0.05) is 44.1 Å². The minimum atomic E-state index is -0.989. The molecule has 0 radical (unpaired) electrons. The lowest BCUT2D eigenvalue weighted by atomic mass is 9.83. The minimum absolute atomic E-state index is 0.0330. The van der Waals surface area contributed by atoms with Crippen molar-refractivity contribution in [3.05, 3.63) is 36.5 Å². The molecule has 0 aromatic carbocycles. The molecular formula is C26H38O6. The Labute approximate surface area is 192 Å². The summed E-state index contributed by atoms with van der Waals surface area (Å²) in [6, 6.07) is 0. The number of ether oxygens (including phenoxy) is 2. The van der Waals surface area contributed by atoms with E-state index in [0.717, 1.165) is 19.3 Å². The van der Waals surface area contributed by atoms with Crippen molar-refractivity contribution in [1.29, 1.82) is 0 Å². The van der Waals surface area contributed by atoms with Gasteiger partial charge in [-0.2, -0.15) is 0 Å². The van der Waals surface area contributed by atoms with Crippen LogP contribution in [0.15, 0.2) is 36.5 Å². The predicted octanol–water partition coefficient (Wildman–Crippen LogP) is 5.06. The fraction of sp³-hybridized carbons (Fsp3) is 0.615. The summed E-state index contributed by atoms with van der Waals surface area (Å²) in [4.78, 5) is 47.5. The molecule has 3 unspecified atom stereocenters. The van der Waals surface area contributed by atoms with Crippen LogP contribution in [0, 0.1) is 11.8 Å². The van der Waals surface area contributed by atoms with Gasteiger partial charge < -0.3 is 14.3 Å². The van der Waals surface area contributed by atoms with Gasteiger partial charge in [0.1, 0.15) is 11.4 Å². The highest BCUT2D eigenvalue weighted by Crippen LogP contribution is 2.37. The molecule has 32 heavy (non-hydrogen) atoms. The van der Waals surface area contributed by atoms with Crippen LogP contribution >= 0.6 is 0 Å². The van der Waals surface area contributed by atoms with E-state index in [4.69, 9.17) is 4.74 Å². The third-order valence-electron chi connectivity index (χ3n) is 5.65. The molecule has 0 N–H and O–H groups in total. The van der Waals surface area contributed by atoms with Crippen LogP contribution in [0.3, 0.4) is 0 Å². The van der Waals surface area contributed by atoms with Crippen LogP contribution in [0.1, 0.15) is 78.6 Å². The minimum Gasteiger partial charge on any atom is -0.469 e. The Bertz CT molecular complexity index is 733. The zero-order chi connectivity index (χ0) is 24.0. The monoisotopic (exact) mass is 446 g/mol. The van der Waals surface area contributed by atoms with Gasteiger partial charge in [-0.3, -0.25) is 14.4 Å². The van der Waals surface area contributed by atoms with E-state index in [2.05, 4.69) is 17.7 Å². The van der Waals surface area contributed by atoms with Crippen LogP contribution in [0.2, 0.25) is 0 Å². The van der Waals surface area contributed by atoms with E-state index >= 15 is 0 Å². The molecule has 6 nitrogen and oxygen atoms in total. The summed E-state index contributed by atoms with van der Waals surface area (Å²) in [6.07, 6.45) is 17.3. The molecule has 0 aliphatic heterocycles. The maximum absolute atomic E-state index is 12.6. The number of hydrogen-bond donors (Lipinski definition) is 0. The van der Waals surface area contributed by atoms with Gasteiger partial charge in [0.15, 0.2) is 5.78 Å². The summed E-state index contributed by atoms with van der Waals surface area (Å²) in [5.41, 5.74) is -0.989. The molecule has 0 saturated heterocycles. The number of allylic oxidation sites excluding steroid dienone is 4. The molecule has 3 atom stereocenters. The van der Waals surface area contributed by atoms with Crippen molar-refractivity contribution in [2.45, 2.75) is 84.2 Å². The molecule has 0 aromatic heterocycles. The number of unbranched alkanes of at least 4 members (excludes halogenated alkanes) is 3. The van der Waals surface area contributed by atoms with Crippen LogP contribution < -0.4 is 0 Å². The van der Waals surface area contributed by atoms with Crippen molar-refractivity contribution in [3.63, 3.8) is 0 Å². The van der Waals surface area contributed by atoms with Gasteiger partial charge in [-0.25, -0.2) is 0 Å². The van der Waals surface area contributed by atoms with Gasteiger partial charge in [0.25, 0.3) is 0 Å². The molecule has 0 bridgehead atoms. The highest BCUT2D eigenvalue weighted by molar-refractivity contribution is 5.96. The average Bonchev–Trinajstić information content (AvgIpc) is 3.03. The third-order valence-corrected chi connectivity index (χ3v) is 5.65. The van der Waals surface area contributed by atoms with E-state index in [9.17, 15) is 19.2 Å². The quantitative estimate of drug-likeness (QED) is 0.198. The number of methoxy groups -OCH3 is 1. The molecule has 0 heterocycles. The first kappa shape index (κ1) is 27.5. The molecule has 1 aliphatic carbocycles. The van der Waals surface area contributed by atoms with Crippen molar-refractivity contribution in [2.24, 2.45) is 11.8 Å². The van der Waals surface area contributed by atoms with Gasteiger partial charge in [0.2, 0.25) is 0 Å². The fourth-order valence-corrected chi connectivity index (χ4v) is 3.98. The van der Waals surface area contributed by atoms with E-state index in [1.54, 1.807) is 6.08 Å². The lowest BCUT2D eigenvalue weighted by molar-refractivity contribution is -0.157. The second kappa shape index (κ2) is 14.5. The second-order valence-corrected chi connectivity index (χ2v) is 8.45. The number of Topliss-reactive ketones (excluding diaryl/α,β-unsaturated/α-hetero) is 1. The molecule has 1 aliphatic rings. The Kier molecular flexibility index (Phi) is 12.5. The highest BCUT2D eigenvalue weighted by atomic mass is 16.6. The Hall–Kier alpha value is -2.50. The normalized spacial score (nSPS) is 21.4. The van der Waals surface area contributed by atoms with Gasteiger partial charge >= 0.3 is 11.9 Å². The predicted molar refractivity (Wildman–Crippen MR) is 124 cm³/mol. The molecule has 0 aromatic rings. The van der Waals surface area contributed by atoms with E-state index < -0.39 is 17.5 Å². The molecule has 1 rings (SSSR count). The molecule has 0 spiro atoms. The third kappa shape index (κ3) is 9.75. The molecule has 0 fully saturated rings. The number of carbonyl (C=O) groups is 4. The van der Waals surface area contributed by atoms with Crippen molar-refractivity contribution < 1.29 is 28.7 Å². The lowest BCUT2D eigenvalue weighted by Crippen LogP contribution is -2.40. The van der Waals surface area contributed by atoms with E-state index in [1.807, 2.05) is 18.2 Å². The fourth-order valence-electron chi connectivity index (χ4n) is 3.98. The van der Waals surface area contributed by atoms with Crippen LogP contribution in [0.25, 0.3) is 0 Å². The zero-order valence-corrected chi connectivity index (χ0v) is 19.9. The van der Waals surface area contributed by atoms with Crippen molar-refractivity contribution in [3.8, 4) is 0 Å². The first-order chi connectivity index (χ1) is 15.2. The van der Waals surface area contributed by atoms with Crippen molar-refractivity contribution in [1.82, 2.24) is 0 Å².